The van der Waals surface area contributed by atoms with E-state index in [2.05, 4.69) is 28.8 Å². The lowest BCUT2D eigenvalue weighted by Crippen LogP contribution is -2.49. The number of sulfone groups is 1. The molecule has 1 aliphatic heterocycles. The molecular weight excluding hydrogens is 422 g/mol. The first-order valence-corrected chi connectivity index (χ1v) is 11.3. The third-order valence-electron chi connectivity index (χ3n) is 5.43. The Labute approximate surface area is 180 Å². The van der Waals surface area contributed by atoms with E-state index >= 15 is 0 Å². The summed E-state index contributed by atoms with van der Waals surface area (Å²) in [6, 6.07) is 5.41. The molecule has 0 radical (unpaired) electrons. The molecule has 2 aromatic rings. The number of aryl methyl sites for hydroxylation is 1. The zero-order valence-corrected chi connectivity index (χ0v) is 18.0. The molecule has 0 spiro atoms. The van der Waals surface area contributed by atoms with Crippen molar-refractivity contribution >= 4 is 26.6 Å². The average molecular weight is 445 g/mol. The van der Waals surface area contributed by atoms with Gasteiger partial charge in [-0.2, -0.15) is 5.10 Å². The minimum absolute atomic E-state index is 0.0643. The fraction of sp³-hybridized carbons (Fsp3) is 0.429. The molecule has 0 bridgehead atoms. The summed E-state index contributed by atoms with van der Waals surface area (Å²) in [5, 5.41) is 23.5. The van der Waals surface area contributed by atoms with E-state index < -0.39 is 25.9 Å². The van der Waals surface area contributed by atoms with Gasteiger partial charge in [-0.15, -0.1) is 0 Å². The van der Waals surface area contributed by atoms with Crippen molar-refractivity contribution in [3.63, 3.8) is 0 Å². The van der Waals surface area contributed by atoms with Crippen molar-refractivity contribution < 1.29 is 28.3 Å². The molecule has 1 aromatic carbocycles. The van der Waals surface area contributed by atoms with Gasteiger partial charge in [-0.05, 0) is 43.4 Å². The number of nitrogens with zero attached hydrogens (tertiary/aromatic N) is 2. The quantitative estimate of drug-likeness (QED) is 0.327. The Morgan fingerprint density at radius 2 is 2.13 bits per heavy atom. The smallest absolute Gasteiger partial charge is 0.264 e. The molecule has 9 nitrogen and oxygen atoms in total. The van der Waals surface area contributed by atoms with Gasteiger partial charge in [0.15, 0.2) is 14.6 Å². The maximum absolute atomic E-state index is 12.1. The summed E-state index contributed by atoms with van der Waals surface area (Å²) in [5.41, 5.74) is 2.34. The van der Waals surface area contributed by atoms with E-state index in [0.717, 1.165) is 17.2 Å². The molecule has 0 unspecified atom stereocenters. The molecule has 1 fully saturated rings. The summed E-state index contributed by atoms with van der Waals surface area (Å²) in [7, 11) is -3.77. The van der Waals surface area contributed by atoms with Crippen molar-refractivity contribution in [2.45, 2.75) is 24.6 Å². The van der Waals surface area contributed by atoms with Crippen LogP contribution >= 0.6 is 0 Å². The predicted molar refractivity (Wildman–Crippen MR) is 113 cm³/mol. The van der Waals surface area contributed by atoms with Gasteiger partial charge in [-0.3, -0.25) is 14.7 Å². The van der Waals surface area contributed by atoms with Crippen molar-refractivity contribution in [3.05, 3.63) is 30.0 Å². The summed E-state index contributed by atoms with van der Waals surface area (Å²) >= 11 is 0. The van der Waals surface area contributed by atoms with E-state index in [1.807, 2.05) is 6.07 Å². The van der Waals surface area contributed by atoms with Crippen LogP contribution in [0.15, 0.2) is 24.4 Å². The fourth-order valence-corrected chi connectivity index (χ4v) is 3.85. The zero-order valence-electron chi connectivity index (χ0n) is 17.2. The molecule has 164 valence electrons. The van der Waals surface area contributed by atoms with E-state index in [1.165, 1.54) is 12.4 Å². The van der Waals surface area contributed by atoms with Crippen LogP contribution in [0.3, 0.4) is 0 Å². The maximum Gasteiger partial charge on any atom is 0.264 e. The second-order valence-corrected chi connectivity index (χ2v) is 10.2. The minimum Gasteiger partial charge on any atom is -0.395 e. The fourth-order valence-electron chi connectivity index (χ4n) is 3.00. The first-order valence-electron chi connectivity index (χ1n) is 9.46. The lowest BCUT2D eigenvalue weighted by molar-refractivity contribution is -0.131. The lowest BCUT2D eigenvalue weighted by atomic mass is 9.88. The van der Waals surface area contributed by atoms with Crippen molar-refractivity contribution in [3.8, 4) is 23.7 Å². The Morgan fingerprint density at radius 3 is 2.71 bits per heavy atom. The average Bonchev–Trinajstić information content (AvgIpc) is 3.11. The number of amides is 1. The number of hydrogen-bond acceptors (Lipinski definition) is 7. The summed E-state index contributed by atoms with van der Waals surface area (Å²) < 4.78 is 29.0. The normalized spacial score (nSPS) is 16.8. The second-order valence-electron chi connectivity index (χ2n) is 7.79. The van der Waals surface area contributed by atoms with Crippen LogP contribution in [0, 0.1) is 29.1 Å². The number of aliphatic hydroxyl groups is 1. The van der Waals surface area contributed by atoms with E-state index in [-0.39, 0.29) is 19.6 Å². The monoisotopic (exact) mass is 445 g/mol. The van der Waals surface area contributed by atoms with Gasteiger partial charge in [0, 0.05) is 29.9 Å². The summed E-state index contributed by atoms with van der Waals surface area (Å²) in [6.07, 6.45) is 2.62. The van der Waals surface area contributed by atoms with Gasteiger partial charge in [-0.25, -0.2) is 13.9 Å². The van der Waals surface area contributed by atoms with E-state index in [9.17, 15) is 18.3 Å². The largest absolute Gasteiger partial charge is 0.395 e. The molecule has 10 heteroatoms. The van der Waals surface area contributed by atoms with Crippen molar-refractivity contribution in [2.24, 2.45) is 5.41 Å². The molecule has 1 amide bonds. The molecule has 1 aliphatic rings. The maximum atomic E-state index is 12.1. The van der Waals surface area contributed by atoms with Crippen molar-refractivity contribution in [2.75, 3.05) is 26.1 Å². The number of hydroxylamine groups is 1. The standard InChI is InChI=1S/C21H23N3O6S/c1-20(19(26)23-27,31(2,28)29)9-10-24-12-17-11-16(6-7-18(17)22-24)5-3-4-8-21(13-25)14-30-15-21/h6-7,11-12,25,27H,9-10,13-15H2,1-2H3,(H,23,26)/t20-/m1/s1. The molecule has 1 aromatic heterocycles. The van der Waals surface area contributed by atoms with Gasteiger partial charge in [0.05, 0.1) is 25.3 Å². The van der Waals surface area contributed by atoms with Gasteiger partial charge < -0.3 is 9.84 Å². The topological polar surface area (TPSA) is 131 Å². The van der Waals surface area contributed by atoms with Crippen LogP contribution in [0.25, 0.3) is 10.9 Å². The third-order valence-corrected chi connectivity index (χ3v) is 7.45. The number of ether oxygens (including phenoxy) is 1. The second kappa shape index (κ2) is 8.69. The Balaban J connectivity index is 1.75. The Bertz CT molecular complexity index is 1220. The highest BCUT2D eigenvalue weighted by molar-refractivity contribution is 7.92. The van der Waals surface area contributed by atoms with Crippen LogP contribution in [0.5, 0.6) is 0 Å². The Morgan fingerprint density at radius 1 is 1.39 bits per heavy atom. The molecule has 1 atom stereocenters. The molecule has 1 saturated heterocycles. The van der Waals surface area contributed by atoms with Crippen LogP contribution < -0.4 is 5.48 Å². The zero-order chi connectivity index (χ0) is 22.7. The third kappa shape index (κ3) is 4.73. The SMILES string of the molecule is C[C@@](CCn1cc2cc(C#CC#CC3(CO)COC3)ccc2n1)(C(=O)NO)S(C)(=O)=O. The van der Waals surface area contributed by atoms with E-state index in [0.29, 0.717) is 18.7 Å². The van der Waals surface area contributed by atoms with E-state index in [4.69, 9.17) is 9.94 Å². The van der Waals surface area contributed by atoms with Gasteiger partial charge >= 0.3 is 0 Å². The first kappa shape index (κ1) is 22.8. The number of fused-ring (bicyclic) bond motifs is 1. The summed E-state index contributed by atoms with van der Waals surface area (Å²) in [6.45, 7) is 2.17. The van der Waals surface area contributed by atoms with E-state index in [1.54, 1.807) is 23.0 Å². The predicted octanol–water partition coefficient (Wildman–Crippen LogP) is 0.0989. The van der Waals surface area contributed by atoms with Crippen LogP contribution in [0.4, 0.5) is 0 Å². The first-order chi connectivity index (χ1) is 14.6. The lowest BCUT2D eigenvalue weighted by Gasteiger charge is -2.34. The highest BCUT2D eigenvalue weighted by Gasteiger charge is 2.43. The number of rotatable bonds is 6. The van der Waals surface area contributed by atoms with Gasteiger partial charge in [0.25, 0.3) is 5.91 Å². The van der Waals surface area contributed by atoms with Gasteiger partial charge in [0.2, 0.25) is 0 Å². The number of nitrogens with one attached hydrogen (secondary N) is 1. The highest BCUT2D eigenvalue weighted by Crippen LogP contribution is 2.25. The van der Waals surface area contributed by atoms with Crippen LogP contribution in [0.2, 0.25) is 0 Å². The molecule has 3 rings (SSSR count). The Kier molecular flexibility index (Phi) is 6.39. The molecular formula is C21H23N3O6S. The number of aliphatic hydroxyl groups excluding tert-OH is 1. The minimum atomic E-state index is -3.77. The van der Waals surface area contributed by atoms with Crippen molar-refractivity contribution in [1.29, 1.82) is 0 Å². The molecule has 2 heterocycles. The highest BCUT2D eigenvalue weighted by atomic mass is 32.2. The van der Waals surface area contributed by atoms with Gasteiger partial charge in [-0.1, -0.05) is 11.8 Å². The molecule has 3 N–H and O–H groups in total. The Hall–Kier alpha value is -2.89. The number of hydrogen-bond donors (Lipinski definition) is 3. The number of aromatic nitrogens is 2. The molecule has 0 aliphatic carbocycles. The molecule has 31 heavy (non-hydrogen) atoms. The van der Waals surface area contributed by atoms with Crippen LogP contribution in [-0.2, 0) is 25.9 Å². The summed E-state index contributed by atoms with van der Waals surface area (Å²) in [4.78, 5) is 11.9. The van der Waals surface area contributed by atoms with Crippen LogP contribution in [-0.4, -0.2) is 65.2 Å². The number of carbonyl (C=O) groups is 1. The number of carbonyl (C=O) groups excluding carboxylic acids is 1. The summed E-state index contributed by atoms with van der Waals surface area (Å²) in [5.74, 6) is 10.4. The number of benzene rings is 1. The van der Waals surface area contributed by atoms with Crippen LogP contribution in [0.1, 0.15) is 18.9 Å². The molecule has 0 saturated carbocycles. The van der Waals surface area contributed by atoms with Gasteiger partial charge in [0.1, 0.15) is 5.41 Å². The van der Waals surface area contributed by atoms with Crippen molar-refractivity contribution in [1.82, 2.24) is 15.3 Å².